The van der Waals surface area contributed by atoms with Gasteiger partial charge in [0.05, 0.1) is 4.47 Å². The van der Waals surface area contributed by atoms with Gasteiger partial charge in [0, 0.05) is 0 Å². The van der Waals surface area contributed by atoms with Crippen LogP contribution in [0.3, 0.4) is 0 Å². The van der Waals surface area contributed by atoms with Crippen LogP contribution in [0.5, 0.6) is 5.75 Å². The van der Waals surface area contributed by atoms with E-state index >= 15 is 0 Å². The number of alkyl halides is 3. The van der Waals surface area contributed by atoms with E-state index in [0.29, 0.717) is 0 Å². The van der Waals surface area contributed by atoms with Gasteiger partial charge in [-0.25, -0.2) is 4.79 Å². The minimum Gasteiger partial charge on any atom is -0.486 e. The Balaban J connectivity index is 0.000000236. The highest BCUT2D eigenvalue weighted by atomic mass is 79.9. The third kappa shape index (κ3) is 4.60. The molecule has 0 bridgehead atoms. The number of aliphatic carboxylic acids is 1. The van der Waals surface area contributed by atoms with Crippen molar-refractivity contribution in [3.05, 3.63) is 28.2 Å². The van der Waals surface area contributed by atoms with Gasteiger partial charge in [-0.15, -0.1) is 0 Å². The third-order valence-electron chi connectivity index (χ3n) is 3.97. The molecule has 0 unspecified atom stereocenters. The number of carbonyl (C=O) groups is 1. The molecule has 3 rings (SSSR count). The van der Waals surface area contributed by atoms with Gasteiger partial charge in [-0.2, -0.15) is 13.2 Å². The Hall–Kier alpha value is -1.28. The molecule has 1 saturated heterocycles. The summed E-state index contributed by atoms with van der Waals surface area (Å²) in [6.07, 6.45) is -0.506. The van der Waals surface area contributed by atoms with Crippen LogP contribution in [-0.4, -0.2) is 35.9 Å². The summed E-state index contributed by atoms with van der Waals surface area (Å²) in [7, 11) is 0. The molecule has 1 aromatic carbocycles. The van der Waals surface area contributed by atoms with Gasteiger partial charge in [0.1, 0.15) is 11.4 Å². The zero-order chi connectivity index (χ0) is 17.1. The highest BCUT2D eigenvalue weighted by molar-refractivity contribution is 9.10. The zero-order valence-corrected chi connectivity index (χ0v) is 13.8. The van der Waals surface area contributed by atoms with E-state index in [1.807, 2.05) is 0 Å². The second-order valence-corrected chi connectivity index (χ2v) is 6.42. The summed E-state index contributed by atoms with van der Waals surface area (Å²) in [6.45, 7) is 2.17. The molecule has 0 atom stereocenters. The van der Waals surface area contributed by atoms with Crippen LogP contribution in [0.2, 0.25) is 0 Å². The molecule has 0 radical (unpaired) electrons. The molecule has 0 aliphatic carbocycles. The number of ether oxygens (including phenoxy) is 1. The van der Waals surface area contributed by atoms with Gasteiger partial charge in [-0.1, -0.05) is 12.1 Å². The number of hydrogen-bond donors (Lipinski definition) is 2. The molecule has 0 aromatic heterocycles. The van der Waals surface area contributed by atoms with Crippen LogP contribution in [-0.2, 0) is 11.2 Å². The molecule has 128 valence electrons. The number of fused-ring (bicyclic) bond motifs is 1. The van der Waals surface area contributed by atoms with Gasteiger partial charge in [0.15, 0.2) is 0 Å². The summed E-state index contributed by atoms with van der Waals surface area (Å²) in [4.78, 5) is 8.90. The maximum Gasteiger partial charge on any atom is 0.490 e. The van der Waals surface area contributed by atoms with Gasteiger partial charge >= 0.3 is 12.1 Å². The smallest absolute Gasteiger partial charge is 0.486 e. The van der Waals surface area contributed by atoms with Crippen LogP contribution in [0.15, 0.2) is 22.7 Å². The van der Waals surface area contributed by atoms with Gasteiger partial charge < -0.3 is 15.2 Å². The van der Waals surface area contributed by atoms with Gasteiger partial charge in [-0.3, -0.25) is 0 Å². The molecule has 0 amide bonds. The second kappa shape index (κ2) is 7.09. The lowest BCUT2D eigenvalue weighted by Crippen LogP contribution is -2.48. The van der Waals surface area contributed by atoms with E-state index in [0.717, 1.165) is 49.0 Å². The number of carboxylic acids is 1. The van der Waals surface area contributed by atoms with E-state index in [1.165, 1.54) is 5.56 Å². The summed E-state index contributed by atoms with van der Waals surface area (Å²) in [5.74, 6) is -1.68. The molecule has 1 aromatic rings. The lowest BCUT2D eigenvalue weighted by atomic mass is 9.84. The van der Waals surface area contributed by atoms with Crippen LogP contribution in [0, 0.1) is 0 Å². The molecule has 2 aliphatic heterocycles. The van der Waals surface area contributed by atoms with Crippen LogP contribution in [0.1, 0.15) is 24.8 Å². The maximum atomic E-state index is 10.6. The molecule has 23 heavy (non-hydrogen) atoms. The first-order valence-electron chi connectivity index (χ1n) is 7.21. The Morgan fingerprint density at radius 3 is 2.43 bits per heavy atom. The number of aryl methyl sites for hydroxylation is 1. The number of carboxylic acid groups (broad SMARTS) is 1. The van der Waals surface area contributed by atoms with Crippen molar-refractivity contribution in [1.29, 1.82) is 0 Å². The lowest BCUT2D eigenvalue weighted by molar-refractivity contribution is -0.192. The van der Waals surface area contributed by atoms with Gasteiger partial charge in [0.25, 0.3) is 0 Å². The fourth-order valence-corrected chi connectivity index (χ4v) is 3.22. The highest BCUT2D eigenvalue weighted by Crippen LogP contribution is 2.41. The number of rotatable bonds is 0. The van der Waals surface area contributed by atoms with Crippen molar-refractivity contribution in [2.45, 2.75) is 37.5 Å². The molecular formula is C15H17BrF3NO3. The number of hydrogen-bond acceptors (Lipinski definition) is 3. The molecule has 1 fully saturated rings. The molecule has 2 heterocycles. The van der Waals surface area contributed by atoms with Crippen molar-refractivity contribution in [3.63, 3.8) is 0 Å². The van der Waals surface area contributed by atoms with E-state index in [2.05, 4.69) is 39.4 Å². The van der Waals surface area contributed by atoms with Crippen molar-refractivity contribution < 1.29 is 27.8 Å². The Morgan fingerprint density at radius 2 is 1.87 bits per heavy atom. The average Bonchev–Trinajstić information content (AvgIpc) is 2.49. The van der Waals surface area contributed by atoms with Crippen molar-refractivity contribution in [3.8, 4) is 5.75 Å². The van der Waals surface area contributed by atoms with Crippen LogP contribution < -0.4 is 10.1 Å². The van der Waals surface area contributed by atoms with Crippen LogP contribution >= 0.6 is 15.9 Å². The number of nitrogens with one attached hydrogen (secondary N) is 1. The first-order valence-corrected chi connectivity index (χ1v) is 8.00. The summed E-state index contributed by atoms with van der Waals surface area (Å²) < 4.78 is 39.1. The molecule has 2 aliphatic rings. The Morgan fingerprint density at radius 1 is 1.26 bits per heavy atom. The zero-order valence-electron chi connectivity index (χ0n) is 12.3. The third-order valence-corrected chi connectivity index (χ3v) is 4.60. The van der Waals surface area contributed by atoms with Crippen molar-refractivity contribution in [2.75, 3.05) is 13.1 Å². The minimum atomic E-state index is -5.08. The first-order chi connectivity index (χ1) is 10.7. The maximum absolute atomic E-state index is 10.6. The summed E-state index contributed by atoms with van der Waals surface area (Å²) in [5, 5.41) is 10.5. The van der Waals surface area contributed by atoms with E-state index in [9.17, 15) is 13.2 Å². The van der Waals surface area contributed by atoms with Gasteiger partial charge in [0.2, 0.25) is 0 Å². The Kier molecular flexibility index (Phi) is 5.57. The standard InChI is InChI=1S/C13H16BrNO.C2HF3O2/c14-11-3-1-2-10-4-5-13(16-12(10)11)6-8-15-9-7-13;3-2(4,5)1(6)7/h1-3,15H,4-9H2;(H,6,7). The van der Waals surface area contributed by atoms with E-state index in [4.69, 9.17) is 14.6 Å². The fourth-order valence-electron chi connectivity index (χ4n) is 2.73. The summed E-state index contributed by atoms with van der Waals surface area (Å²) in [5.41, 5.74) is 1.45. The normalized spacial score (nSPS) is 19.1. The van der Waals surface area contributed by atoms with Crippen LogP contribution in [0.4, 0.5) is 13.2 Å². The molecule has 1 spiro atoms. The lowest BCUT2D eigenvalue weighted by Gasteiger charge is -2.42. The van der Waals surface area contributed by atoms with Crippen LogP contribution in [0.25, 0.3) is 0 Å². The second-order valence-electron chi connectivity index (χ2n) is 5.57. The molecule has 8 heteroatoms. The van der Waals surface area contributed by atoms with E-state index < -0.39 is 12.1 Å². The summed E-state index contributed by atoms with van der Waals surface area (Å²) in [6, 6.07) is 6.33. The highest BCUT2D eigenvalue weighted by Gasteiger charge is 2.38. The van der Waals surface area contributed by atoms with Crippen molar-refractivity contribution >= 4 is 21.9 Å². The van der Waals surface area contributed by atoms with E-state index in [-0.39, 0.29) is 5.60 Å². The Labute approximate surface area is 140 Å². The number of para-hydroxylation sites is 1. The SMILES string of the molecule is Brc1cccc2c1OC1(CCNCC1)CC2.O=C(O)C(F)(F)F. The number of benzene rings is 1. The number of piperidine rings is 1. The first kappa shape index (κ1) is 18.1. The van der Waals surface area contributed by atoms with E-state index in [1.54, 1.807) is 0 Å². The predicted molar refractivity (Wildman–Crippen MR) is 81.6 cm³/mol. The largest absolute Gasteiger partial charge is 0.490 e. The predicted octanol–water partition coefficient (Wildman–Crippen LogP) is 3.53. The monoisotopic (exact) mass is 395 g/mol. The summed E-state index contributed by atoms with van der Waals surface area (Å²) >= 11 is 3.59. The van der Waals surface area contributed by atoms with Crippen molar-refractivity contribution in [1.82, 2.24) is 5.32 Å². The van der Waals surface area contributed by atoms with Crippen molar-refractivity contribution in [2.24, 2.45) is 0 Å². The topological polar surface area (TPSA) is 58.6 Å². The van der Waals surface area contributed by atoms with Gasteiger partial charge in [-0.05, 0) is 66.3 Å². The average molecular weight is 396 g/mol. The molecule has 0 saturated carbocycles. The minimum absolute atomic E-state index is 0.0993. The molecule has 2 N–H and O–H groups in total. The molecular weight excluding hydrogens is 379 g/mol. The molecule has 4 nitrogen and oxygen atoms in total. The Bertz CT molecular complexity index is 572. The number of halogens is 4. The quantitative estimate of drug-likeness (QED) is 0.705. The fraction of sp³-hybridized carbons (Fsp3) is 0.533.